The van der Waals surface area contributed by atoms with Crippen molar-refractivity contribution in [2.75, 3.05) is 19.8 Å². The lowest BCUT2D eigenvalue weighted by atomic mass is 9.89. The van der Waals surface area contributed by atoms with Gasteiger partial charge in [0.15, 0.2) is 5.69 Å². The van der Waals surface area contributed by atoms with Crippen LogP contribution in [0.5, 0.6) is 0 Å². The van der Waals surface area contributed by atoms with Gasteiger partial charge in [0.25, 0.3) is 5.91 Å². The molecule has 0 unspecified atom stereocenters. The highest BCUT2D eigenvalue weighted by atomic mass is 16.5. The van der Waals surface area contributed by atoms with Crippen LogP contribution in [0.25, 0.3) is 0 Å². The fraction of sp³-hybridized carbons (Fsp3) is 0.765. The Morgan fingerprint density at radius 2 is 2.13 bits per heavy atom. The average molecular weight is 321 g/mol. The Morgan fingerprint density at radius 3 is 2.83 bits per heavy atom. The molecule has 0 bridgehead atoms. The van der Waals surface area contributed by atoms with Gasteiger partial charge in [-0.2, -0.15) is 5.10 Å². The van der Waals surface area contributed by atoms with Crippen LogP contribution in [0, 0.1) is 0 Å². The largest absolute Gasteiger partial charge is 0.377 e. The first-order chi connectivity index (χ1) is 11.0. The molecule has 1 saturated heterocycles. The highest BCUT2D eigenvalue weighted by molar-refractivity contribution is 5.94. The summed E-state index contributed by atoms with van der Waals surface area (Å²) in [6.45, 7) is 10.1. The summed E-state index contributed by atoms with van der Waals surface area (Å²) >= 11 is 0. The average Bonchev–Trinajstić information content (AvgIpc) is 2.98. The summed E-state index contributed by atoms with van der Waals surface area (Å²) in [6, 6.07) is 0. The van der Waals surface area contributed by atoms with Gasteiger partial charge in [-0.05, 0) is 26.7 Å². The van der Waals surface area contributed by atoms with Crippen LogP contribution in [-0.4, -0.2) is 52.4 Å². The number of morpholine rings is 1. The van der Waals surface area contributed by atoms with E-state index in [1.54, 1.807) is 0 Å². The van der Waals surface area contributed by atoms with Crippen LogP contribution in [-0.2, 0) is 15.9 Å². The molecule has 0 radical (unpaired) electrons. The fourth-order valence-electron chi connectivity index (χ4n) is 3.86. The minimum absolute atomic E-state index is 0.0239. The second-order valence-corrected chi connectivity index (χ2v) is 6.70. The third-order valence-corrected chi connectivity index (χ3v) is 5.40. The number of nitrogens with zero attached hydrogens (tertiary/aromatic N) is 2. The molecule has 2 aliphatic heterocycles. The van der Waals surface area contributed by atoms with Crippen molar-refractivity contribution in [1.82, 2.24) is 15.1 Å². The number of carbonyl (C=O) groups excluding carboxylic acids is 1. The maximum Gasteiger partial charge on any atom is 0.275 e. The van der Waals surface area contributed by atoms with Crippen molar-refractivity contribution >= 4 is 5.91 Å². The number of nitrogens with one attached hydrogen (secondary N) is 1. The Balaban J connectivity index is 1.94. The zero-order valence-corrected chi connectivity index (χ0v) is 14.5. The first kappa shape index (κ1) is 16.5. The number of fused-ring (bicyclic) bond motifs is 1. The third-order valence-electron chi connectivity index (χ3n) is 5.40. The van der Waals surface area contributed by atoms with Crippen LogP contribution < -0.4 is 0 Å². The van der Waals surface area contributed by atoms with Crippen LogP contribution in [0.4, 0.5) is 0 Å². The normalized spacial score (nSPS) is 26.9. The number of ether oxygens (including phenoxy) is 2. The number of carbonyl (C=O) groups is 1. The van der Waals surface area contributed by atoms with Gasteiger partial charge < -0.3 is 14.4 Å². The predicted molar refractivity (Wildman–Crippen MR) is 86.4 cm³/mol. The summed E-state index contributed by atoms with van der Waals surface area (Å²) < 4.78 is 11.5. The predicted octanol–water partition coefficient (Wildman–Crippen LogP) is 2.46. The zero-order chi connectivity index (χ0) is 16.6. The lowest BCUT2D eigenvalue weighted by Crippen LogP contribution is -2.58. The Kier molecular flexibility index (Phi) is 4.47. The van der Waals surface area contributed by atoms with Gasteiger partial charge in [0.1, 0.15) is 0 Å². The first-order valence-corrected chi connectivity index (χ1v) is 8.64. The summed E-state index contributed by atoms with van der Waals surface area (Å²) in [4.78, 5) is 15.2. The van der Waals surface area contributed by atoms with E-state index in [4.69, 9.17) is 9.47 Å². The van der Waals surface area contributed by atoms with Crippen LogP contribution in [0.3, 0.4) is 0 Å². The molecule has 0 spiro atoms. The van der Waals surface area contributed by atoms with E-state index in [1.165, 1.54) is 0 Å². The van der Waals surface area contributed by atoms with Gasteiger partial charge in [0.05, 0.1) is 36.7 Å². The minimum atomic E-state index is -0.219. The smallest absolute Gasteiger partial charge is 0.275 e. The third kappa shape index (κ3) is 2.68. The van der Waals surface area contributed by atoms with Crippen molar-refractivity contribution in [3.05, 3.63) is 17.0 Å². The van der Waals surface area contributed by atoms with Gasteiger partial charge in [-0.25, -0.2) is 0 Å². The van der Waals surface area contributed by atoms with Gasteiger partial charge in [-0.3, -0.25) is 9.89 Å². The molecule has 2 aliphatic rings. The Bertz CT molecular complexity index is 580. The molecule has 6 nitrogen and oxygen atoms in total. The van der Waals surface area contributed by atoms with Crippen LogP contribution >= 0.6 is 0 Å². The van der Waals surface area contributed by atoms with E-state index in [1.807, 2.05) is 18.7 Å². The molecule has 1 aromatic rings. The lowest BCUT2D eigenvalue weighted by Gasteiger charge is -2.46. The maximum absolute atomic E-state index is 13.2. The van der Waals surface area contributed by atoms with Gasteiger partial charge in [-0.15, -0.1) is 0 Å². The topological polar surface area (TPSA) is 67.5 Å². The standard InChI is InChI=1S/C17H27N3O3/c1-5-17(6-2)10-22-8-7-20(17)16(21)15-13-9-11(3)23-12(4)14(13)18-19-15/h11-12H,5-10H2,1-4H3,(H,18,19)/t11-,12+/m0/s1. The second kappa shape index (κ2) is 6.24. The number of H-pyrrole nitrogens is 1. The zero-order valence-electron chi connectivity index (χ0n) is 14.5. The van der Waals surface area contributed by atoms with Crippen LogP contribution in [0.2, 0.25) is 0 Å². The SMILES string of the molecule is CCC1(CC)COCCN1C(=O)c1n[nH]c2c1C[C@H](C)O[C@@H]2C. The molecular weight excluding hydrogens is 294 g/mol. The lowest BCUT2D eigenvalue weighted by molar-refractivity contribution is -0.0569. The molecule has 1 aromatic heterocycles. The van der Waals surface area contributed by atoms with Crippen LogP contribution in [0.1, 0.15) is 68.4 Å². The molecule has 2 atom stereocenters. The molecule has 3 rings (SSSR count). The van der Waals surface area contributed by atoms with E-state index in [2.05, 4.69) is 24.0 Å². The van der Waals surface area contributed by atoms with E-state index >= 15 is 0 Å². The molecule has 3 heterocycles. The van der Waals surface area contributed by atoms with E-state index < -0.39 is 0 Å². The van der Waals surface area contributed by atoms with Crippen molar-refractivity contribution in [2.24, 2.45) is 0 Å². The highest BCUT2D eigenvalue weighted by Gasteiger charge is 2.42. The van der Waals surface area contributed by atoms with E-state index in [9.17, 15) is 4.79 Å². The molecule has 128 valence electrons. The quantitative estimate of drug-likeness (QED) is 0.928. The Morgan fingerprint density at radius 1 is 1.39 bits per heavy atom. The molecule has 1 N–H and O–H groups in total. The number of hydrogen-bond donors (Lipinski definition) is 1. The van der Waals surface area contributed by atoms with Crippen molar-refractivity contribution in [3.63, 3.8) is 0 Å². The monoisotopic (exact) mass is 321 g/mol. The number of amides is 1. The molecule has 23 heavy (non-hydrogen) atoms. The van der Waals surface area contributed by atoms with Crippen LogP contribution in [0.15, 0.2) is 0 Å². The van der Waals surface area contributed by atoms with Gasteiger partial charge in [0, 0.05) is 18.5 Å². The molecule has 0 aromatic carbocycles. The summed E-state index contributed by atoms with van der Waals surface area (Å²) in [7, 11) is 0. The number of aromatic amines is 1. The highest BCUT2D eigenvalue weighted by Crippen LogP contribution is 2.33. The number of aromatic nitrogens is 2. The fourth-order valence-corrected chi connectivity index (χ4v) is 3.86. The molecule has 1 fully saturated rings. The maximum atomic E-state index is 13.2. The van der Waals surface area contributed by atoms with E-state index in [-0.39, 0.29) is 23.7 Å². The Labute approximate surface area is 137 Å². The van der Waals surface area contributed by atoms with Gasteiger partial charge in [0.2, 0.25) is 0 Å². The van der Waals surface area contributed by atoms with E-state index in [0.29, 0.717) is 25.5 Å². The number of rotatable bonds is 3. The summed E-state index contributed by atoms with van der Waals surface area (Å²) in [6.07, 6.45) is 2.56. The summed E-state index contributed by atoms with van der Waals surface area (Å²) in [5.74, 6) is 0.0239. The molecule has 0 saturated carbocycles. The first-order valence-electron chi connectivity index (χ1n) is 8.64. The molecular formula is C17H27N3O3. The minimum Gasteiger partial charge on any atom is -0.377 e. The molecule has 1 amide bonds. The van der Waals surface area contributed by atoms with Gasteiger partial charge >= 0.3 is 0 Å². The van der Waals surface area contributed by atoms with Crippen molar-refractivity contribution < 1.29 is 14.3 Å². The van der Waals surface area contributed by atoms with Crippen molar-refractivity contribution in [3.8, 4) is 0 Å². The summed E-state index contributed by atoms with van der Waals surface area (Å²) in [5.41, 5.74) is 2.31. The number of hydrogen-bond acceptors (Lipinski definition) is 4. The molecule has 0 aliphatic carbocycles. The van der Waals surface area contributed by atoms with Crippen molar-refractivity contribution in [2.45, 2.75) is 64.7 Å². The second-order valence-electron chi connectivity index (χ2n) is 6.70. The Hall–Kier alpha value is -1.40. The molecule has 6 heteroatoms. The van der Waals surface area contributed by atoms with Crippen molar-refractivity contribution in [1.29, 1.82) is 0 Å². The van der Waals surface area contributed by atoms with E-state index in [0.717, 1.165) is 30.5 Å². The summed E-state index contributed by atoms with van der Waals surface area (Å²) in [5, 5.41) is 7.38. The van der Waals surface area contributed by atoms with Gasteiger partial charge in [-0.1, -0.05) is 13.8 Å².